The summed E-state index contributed by atoms with van der Waals surface area (Å²) in [6, 6.07) is 24.9. The molecule has 0 bridgehead atoms. The van der Waals surface area contributed by atoms with E-state index in [9.17, 15) is 4.79 Å². The summed E-state index contributed by atoms with van der Waals surface area (Å²) in [4.78, 5) is 13.8. The van der Waals surface area contributed by atoms with Crippen LogP contribution in [0.15, 0.2) is 72.8 Å². The van der Waals surface area contributed by atoms with E-state index in [-0.39, 0.29) is 20.4 Å². The van der Waals surface area contributed by atoms with Gasteiger partial charge in [-0.15, -0.1) is 0 Å². The number of nitrogens with zero attached hydrogens (tertiary/aromatic N) is 1. The number of carbonyl (C=O) groups excluding carboxylic acids is 1. The van der Waals surface area contributed by atoms with Gasteiger partial charge < -0.3 is 0 Å². The standard InChI is InChI=1S/C23H20N2OSe/c1-25(2)18-11-8-15(9-12-18)21-19-14-17(23(24)26)10-13-20(19)27-22(21)16-6-4-3-5-7-16/h3-14H,1-2H3,(H2,24,26). The van der Waals surface area contributed by atoms with Gasteiger partial charge in [0.05, 0.1) is 0 Å². The molecule has 134 valence electrons. The van der Waals surface area contributed by atoms with Crippen molar-refractivity contribution in [3.63, 3.8) is 0 Å². The molecule has 0 radical (unpaired) electrons. The van der Waals surface area contributed by atoms with E-state index >= 15 is 0 Å². The van der Waals surface area contributed by atoms with Crippen LogP contribution < -0.4 is 10.6 Å². The molecule has 0 saturated heterocycles. The van der Waals surface area contributed by atoms with Crippen molar-refractivity contribution in [1.29, 1.82) is 0 Å². The summed E-state index contributed by atoms with van der Waals surface area (Å²) in [5.74, 6) is -0.388. The minimum atomic E-state index is -0.388. The van der Waals surface area contributed by atoms with E-state index in [2.05, 4.69) is 59.5 Å². The molecule has 4 aromatic rings. The molecule has 2 N–H and O–H groups in total. The number of benzene rings is 3. The summed E-state index contributed by atoms with van der Waals surface area (Å²) in [5.41, 5.74) is 10.9. The average Bonchev–Trinajstić information content (AvgIpc) is 3.07. The van der Waals surface area contributed by atoms with Gasteiger partial charge in [-0.2, -0.15) is 0 Å². The zero-order valence-corrected chi connectivity index (χ0v) is 17.0. The number of rotatable bonds is 4. The molecule has 1 amide bonds. The maximum atomic E-state index is 11.7. The molecule has 27 heavy (non-hydrogen) atoms. The summed E-state index contributed by atoms with van der Waals surface area (Å²) in [5, 5.41) is 1.13. The number of hydrogen-bond acceptors (Lipinski definition) is 2. The number of primary amides is 1. The van der Waals surface area contributed by atoms with E-state index in [0.717, 1.165) is 11.1 Å². The number of hydrogen-bond donors (Lipinski definition) is 1. The van der Waals surface area contributed by atoms with Crippen LogP contribution in [-0.2, 0) is 0 Å². The number of carbonyl (C=O) groups is 1. The van der Waals surface area contributed by atoms with Gasteiger partial charge in [0.25, 0.3) is 0 Å². The molecule has 4 rings (SSSR count). The number of fused-ring (bicyclic) bond motifs is 1. The van der Waals surface area contributed by atoms with E-state index in [4.69, 9.17) is 5.73 Å². The summed E-state index contributed by atoms with van der Waals surface area (Å²) >= 11 is 0.183. The van der Waals surface area contributed by atoms with Gasteiger partial charge in [-0.1, -0.05) is 0 Å². The molecular weight excluding hydrogens is 399 g/mol. The van der Waals surface area contributed by atoms with Gasteiger partial charge >= 0.3 is 165 Å². The second-order valence-electron chi connectivity index (χ2n) is 6.69. The molecule has 1 aromatic heterocycles. The first-order chi connectivity index (χ1) is 13.0. The van der Waals surface area contributed by atoms with E-state index in [1.807, 2.05) is 32.3 Å². The molecule has 0 saturated carbocycles. The molecule has 3 nitrogen and oxygen atoms in total. The van der Waals surface area contributed by atoms with Gasteiger partial charge in [0, 0.05) is 0 Å². The summed E-state index contributed by atoms with van der Waals surface area (Å²) in [6.07, 6.45) is 0. The van der Waals surface area contributed by atoms with E-state index < -0.39 is 0 Å². The fourth-order valence-corrected chi connectivity index (χ4v) is 5.80. The third-order valence-corrected chi connectivity index (χ3v) is 7.24. The van der Waals surface area contributed by atoms with E-state index in [1.165, 1.54) is 25.4 Å². The quantitative estimate of drug-likeness (QED) is 0.499. The predicted octanol–water partition coefficient (Wildman–Crippen LogP) is 4.40. The normalized spacial score (nSPS) is 10.9. The Morgan fingerprint density at radius 2 is 1.59 bits per heavy atom. The Morgan fingerprint density at radius 3 is 2.22 bits per heavy atom. The third-order valence-electron chi connectivity index (χ3n) is 4.68. The summed E-state index contributed by atoms with van der Waals surface area (Å²) in [6.45, 7) is 0. The van der Waals surface area contributed by atoms with Gasteiger partial charge in [0.2, 0.25) is 0 Å². The predicted molar refractivity (Wildman–Crippen MR) is 115 cm³/mol. The van der Waals surface area contributed by atoms with E-state index in [0.29, 0.717) is 5.56 Å². The zero-order chi connectivity index (χ0) is 19.0. The minimum absolute atomic E-state index is 0.183. The Bertz CT molecular complexity index is 1110. The van der Waals surface area contributed by atoms with Gasteiger partial charge in [-0.3, -0.25) is 0 Å². The third kappa shape index (κ3) is 3.30. The van der Waals surface area contributed by atoms with Crippen molar-refractivity contribution in [2.75, 3.05) is 19.0 Å². The second kappa shape index (κ2) is 7.07. The fraction of sp³-hybridized carbons (Fsp3) is 0.0870. The van der Waals surface area contributed by atoms with Crippen LogP contribution in [0.3, 0.4) is 0 Å². The van der Waals surface area contributed by atoms with Crippen LogP contribution in [0, 0.1) is 0 Å². The van der Waals surface area contributed by atoms with Gasteiger partial charge in [0.1, 0.15) is 0 Å². The molecule has 3 aromatic carbocycles. The number of amides is 1. The van der Waals surface area contributed by atoms with Gasteiger partial charge in [-0.25, -0.2) is 0 Å². The Labute approximate surface area is 164 Å². The second-order valence-corrected chi connectivity index (χ2v) is 8.90. The van der Waals surface area contributed by atoms with Crippen LogP contribution in [0.25, 0.3) is 30.8 Å². The molecule has 4 heteroatoms. The number of anilines is 1. The van der Waals surface area contributed by atoms with Crippen molar-refractivity contribution in [3.05, 3.63) is 78.4 Å². The topological polar surface area (TPSA) is 46.3 Å². The van der Waals surface area contributed by atoms with Crippen LogP contribution in [0.5, 0.6) is 0 Å². The summed E-state index contributed by atoms with van der Waals surface area (Å²) < 4.78 is 2.63. The first-order valence-electron chi connectivity index (χ1n) is 8.74. The van der Waals surface area contributed by atoms with Gasteiger partial charge in [-0.05, 0) is 0 Å². The van der Waals surface area contributed by atoms with Gasteiger partial charge in [0.15, 0.2) is 0 Å². The van der Waals surface area contributed by atoms with Crippen LogP contribution in [-0.4, -0.2) is 34.5 Å². The average molecular weight is 419 g/mol. The Balaban J connectivity index is 1.99. The van der Waals surface area contributed by atoms with Crippen molar-refractivity contribution >= 4 is 35.7 Å². The SMILES string of the molecule is CN(C)c1ccc(-c2c(-c3ccccc3)[se]c3ccc(C(N)=O)cc23)cc1. The van der Waals surface area contributed by atoms with Crippen LogP contribution in [0.4, 0.5) is 5.69 Å². The number of nitrogens with two attached hydrogens (primary N) is 1. The van der Waals surface area contributed by atoms with Crippen LogP contribution in [0.1, 0.15) is 10.4 Å². The van der Waals surface area contributed by atoms with Crippen LogP contribution >= 0.6 is 0 Å². The fourth-order valence-electron chi connectivity index (χ4n) is 3.26. The summed E-state index contributed by atoms with van der Waals surface area (Å²) in [7, 11) is 4.08. The maximum absolute atomic E-state index is 11.7. The van der Waals surface area contributed by atoms with Crippen molar-refractivity contribution in [2.45, 2.75) is 0 Å². The molecule has 0 aliphatic heterocycles. The van der Waals surface area contributed by atoms with Crippen molar-refractivity contribution in [2.24, 2.45) is 5.73 Å². The monoisotopic (exact) mass is 420 g/mol. The molecule has 0 aliphatic rings. The Hall–Kier alpha value is -2.81. The Kier molecular flexibility index (Phi) is 4.61. The zero-order valence-electron chi connectivity index (χ0n) is 15.3. The molecule has 0 fully saturated rings. The van der Waals surface area contributed by atoms with E-state index in [1.54, 1.807) is 0 Å². The van der Waals surface area contributed by atoms with Crippen LogP contribution in [0.2, 0.25) is 0 Å². The molecular formula is C23H20N2OSe. The van der Waals surface area contributed by atoms with Crippen molar-refractivity contribution in [1.82, 2.24) is 0 Å². The Morgan fingerprint density at radius 1 is 0.889 bits per heavy atom. The molecule has 0 spiro atoms. The first-order valence-corrected chi connectivity index (χ1v) is 10.5. The molecule has 0 atom stereocenters. The first kappa shape index (κ1) is 17.6. The molecule has 1 heterocycles. The van der Waals surface area contributed by atoms with Crippen molar-refractivity contribution < 1.29 is 4.79 Å². The van der Waals surface area contributed by atoms with Crippen molar-refractivity contribution in [3.8, 4) is 21.1 Å². The molecule has 0 unspecified atom stereocenters. The molecule has 0 aliphatic carbocycles.